The lowest BCUT2D eigenvalue weighted by molar-refractivity contribution is -0.0164. The van der Waals surface area contributed by atoms with Crippen LogP contribution in [0.2, 0.25) is 0 Å². The Morgan fingerprint density at radius 2 is 1.94 bits per heavy atom. The van der Waals surface area contributed by atoms with Gasteiger partial charge in [-0.1, -0.05) is 22.0 Å². The van der Waals surface area contributed by atoms with Gasteiger partial charge in [0.05, 0.1) is 12.2 Å². The third-order valence-electron chi connectivity index (χ3n) is 2.34. The molecule has 0 aliphatic carbocycles. The molecule has 0 heterocycles. The lowest BCUT2D eigenvalue weighted by atomic mass is 10.1. The van der Waals surface area contributed by atoms with Crippen molar-refractivity contribution in [2.75, 3.05) is 13.2 Å². The molecule has 0 aliphatic rings. The lowest BCUT2D eigenvalue weighted by Crippen LogP contribution is -2.22. The topological polar surface area (TPSA) is 44.5 Å². The van der Waals surface area contributed by atoms with Crippen LogP contribution >= 0.6 is 15.9 Å². The van der Waals surface area contributed by atoms with Crippen molar-refractivity contribution in [2.45, 2.75) is 39.3 Å². The van der Waals surface area contributed by atoms with E-state index in [4.69, 9.17) is 15.2 Å². The fourth-order valence-electron chi connectivity index (χ4n) is 1.51. The molecule has 2 N–H and O–H groups in total. The lowest BCUT2D eigenvalue weighted by Gasteiger charge is -2.20. The van der Waals surface area contributed by atoms with E-state index in [0.717, 1.165) is 15.8 Å². The van der Waals surface area contributed by atoms with Gasteiger partial charge < -0.3 is 15.2 Å². The molecule has 1 rings (SSSR count). The van der Waals surface area contributed by atoms with Gasteiger partial charge in [0.25, 0.3) is 0 Å². The molecule has 1 atom stereocenters. The average Bonchev–Trinajstić information content (AvgIpc) is 2.22. The second-order valence-corrected chi connectivity index (χ2v) is 6.20. The SMILES string of the molecule is CC(N)c1ccc(Br)cc1OCCOC(C)(C)C. The number of hydrogen-bond donors (Lipinski definition) is 1. The van der Waals surface area contributed by atoms with E-state index < -0.39 is 0 Å². The summed E-state index contributed by atoms with van der Waals surface area (Å²) in [5.74, 6) is 0.817. The van der Waals surface area contributed by atoms with E-state index in [2.05, 4.69) is 15.9 Å². The molecule has 0 spiro atoms. The molecule has 0 aromatic heterocycles. The fraction of sp³-hybridized carbons (Fsp3) is 0.571. The summed E-state index contributed by atoms with van der Waals surface area (Å²) in [6.07, 6.45) is 0. The van der Waals surface area contributed by atoms with Gasteiger partial charge in [-0.15, -0.1) is 0 Å². The summed E-state index contributed by atoms with van der Waals surface area (Å²) in [5, 5.41) is 0. The smallest absolute Gasteiger partial charge is 0.125 e. The number of hydrogen-bond acceptors (Lipinski definition) is 3. The molecule has 4 heteroatoms. The molecule has 0 fully saturated rings. The van der Waals surface area contributed by atoms with Crippen LogP contribution < -0.4 is 10.5 Å². The molecule has 1 aromatic rings. The number of ether oxygens (including phenoxy) is 2. The van der Waals surface area contributed by atoms with Crippen molar-refractivity contribution in [2.24, 2.45) is 5.73 Å². The summed E-state index contributed by atoms with van der Waals surface area (Å²) >= 11 is 3.43. The first-order chi connectivity index (χ1) is 8.29. The van der Waals surface area contributed by atoms with Crippen LogP contribution in [0.4, 0.5) is 0 Å². The maximum atomic E-state index is 5.91. The molecular weight excluding hydrogens is 294 g/mol. The van der Waals surface area contributed by atoms with Crippen molar-refractivity contribution < 1.29 is 9.47 Å². The zero-order valence-corrected chi connectivity index (χ0v) is 13.1. The third-order valence-corrected chi connectivity index (χ3v) is 2.84. The maximum absolute atomic E-state index is 5.91. The second kappa shape index (κ2) is 6.55. The van der Waals surface area contributed by atoms with Crippen LogP contribution in [0.3, 0.4) is 0 Å². The number of halogens is 1. The summed E-state index contributed by atoms with van der Waals surface area (Å²) in [6, 6.07) is 5.85. The van der Waals surface area contributed by atoms with Gasteiger partial charge in [0.1, 0.15) is 12.4 Å². The number of rotatable bonds is 5. The Balaban J connectivity index is 2.58. The van der Waals surface area contributed by atoms with E-state index >= 15 is 0 Å². The van der Waals surface area contributed by atoms with Crippen LogP contribution in [0.1, 0.15) is 39.3 Å². The molecule has 0 saturated heterocycles. The van der Waals surface area contributed by atoms with Crippen LogP contribution in [0.5, 0.6) is 5.75 Å². The van der Waals surface area contributed by atoms with Crippen molar-refractivity contribution >= 4 is 15.9 Å². The monoisotopic (exact) mass is 315 g/mol. The van der Waals surface area contributed by atoms with Gasteiger partial charge in [0.2, 0.25) is 0 Å². The van der Waals surface area contributed by atoms with E-state index in [1.54, 1.807) is 0 Å². The molecule has 0 radical (unpaired) electrons. The number of nitrogens with two attached hydrogens (primary N) is 1. The van der Waals surface area contributed by atoms with Crippen LogP contribution in [-0.2, 0) is 4.74 Å². The van der Waals surface area contributed by atoms with Crippen LogP contribution in [-0.4, -0.2) is 18.8 Å². The van der Waals surface area contributed by atoms with Crippen molar-refractivity contribution in [3.63, 3.8) is 0 Å². The van der Waals surface area contributed by atoms with E-state index in [-0.39, 0.29) is 11.6 Å². The number of benzene rings is 1. The summed E-state index contributed by atoms with van der Waals surface area (Å²) < 4.78 is 12.3. The highest BCUT2D eigenvalue weighted by Gasteiger charge is 2.11. The van der Waals surface area contributed by atoms with Crippen molar-refractivity contribution in [3.8, 4) is 5.75 Å². The highest BCUT2D eigenvalue weighted by molar-refractivity contribution is 9.10. The Bertz CT molecular complexity index is 386. The minimum Gasteiger partial charge on any atom is -0.491 e. The highest BCUT2D eigenvalue weighted by atomic mass is 79.9. The largest absolute Gasteiger partial charge is 0.491 e. The molecule has 1 aromatic carbocycles. The van der Waals surface area contributed by atoms with Gasteiger partial charge in [-0.25, -0.2) is 0 Å². The summed E-state index contributed by atoms with van der Waals surface area (Å²) in [5.41, 5.74) is 6.79. The first-order valence-corrected chi connectivity index (χ1v) is 6.90. The molecular formula is C14H22BrNO2. The fourth-order valence-corrected chi connectivity index (χ4v) is 1.85. The minimum absolute atomic E-state index is 0.0448. The standard InChI is InChI=1S/C14H22BrNO2/c1-10(16)12-6-5-11(15)9-13(12)17-7-8-18-14(2,3)4/h5-6,9-10H,7-8,16H2,1-4H3. The molecule has 0 bridgehead atoms. The van der Waals surface area contributed by atoms with Crippen molar-refractivity contribution in [1.82, 2.24) is 0 Å². The average molecular weight is 316 g/mol. The van der Waals surface area contributed by atoms with E-state index in [1.807, 2.05) is 45.9 Å². The Kier molecular flexibility index (Phi) is 5.63. The van der Waals surface area contributed by atoms with E-state index in [1.165, 1.54) is 0 Å². The first-order valence-electron chi connectivity index (χ1n) is 6.11. The third kappa shape index (κ3) is 5.38. The maximum Gasteiger partial charge on any atom is 0.125 e. The quantitative estimate of drug-likeness (QED) is 0.843. The van der Waals surface area contributed by atoms with Gasteiger partial charge in [-0.3, -0.25) is 0 Å². The second-order valence-electron chi connectivity index (χ2n) is 5.28. The van der Waals surface area contributed by atoms with Gasteiger partial charge >= 0.3 is 0 Å². The zero-order chi connectivity index (χ0) is 13.8. The van der Waals surface area contributed by atoms with Crippen LogP contribution in [0.15, 0.2) is 22.7 Å². The molecule has 0 amide bonds. The Morgan fingerprint density at radius 1 is 1.28 bits per heavy atom. The van der Waals surface area contributed by atoms with Gasteiger partial charge in [-0.05, 0) is 39.8 Å². The minimum atomic E-state index is -0.134. The predicted molar refractivity (Wildman–Crippen MR) is 77.9 cm³/mol. The molecule has 0 aliphatic heterocycles. The summed E-state index contributed by atoms with van der Waals surface area (Å²) in [7, 11) is 0. The molecule has 3 nitrogen and oxygen atoms in total. The zero-order valence-electron chi connectivity index (χ0n) is 11.5. The Morgan fingerprint density at radius 3 is 2.50 bits per heavy atom. The highest BCUT2D eigenvalue weighted by Crippen LogP contribution is 2.27. The van der Waals surface area contributed by atoms with Gasteiger partial charge in [-0.2, -0.15) is 0 Å². The van der Waals surface area contributed by atoms with Crippen molar-refractivity contribution in [1.29, 1.82) is 0 Å². The van der Waals surface area contributed by atoms with Gasteiger partial charge in [0, 0.05) is 16.1 Å². The normalized spacial score (nSPS) is 13.4. The molecule has 18 heavy (non-hydrogen) atoms. The molecule has 102 valence electrons. The Labute approximate surface area is 118 Å². The van der Waals surface area contributed by atoms with Gasteiger partial charge in [0.15, 0.2) is 0 Å². The predicted octanol–water partition coefficient (Wildman–Crippen LogP) is 3.66. The van der Waals surface area contributed by atoms with E-state index in [0.29, 0.717) is 13.2 Å². The van der Waals surface area contributed by atoms with Crippen molar-refractivity contribution in [3.05, 3.63) is 28.2 Å². The van der Waals surface area contributed by atoms with Crippen LogP contribution in [0.25, 0.3) is 0 Å². The van der Waals surface area contributed by atoms with Crippen LogP contribution in [0, 0.1) is 0 Å². The summed E-state index contributed by atoms with van der Waals surface area (Å²) in [6.45, 7) is 9.11. The summed E-state index contributed by atoms with van der Waals surface area (Å²) in [4.78, 5) is 0. The molecule has 0 saturated carbocycles. The first kappa shape index (κ1) is 15.5. The Hall–Kier alpha value is -0.580. The van der Waals surface area contributed by atoms with E-state index in [9.17, 15) is 0 Å². The molecule has 1 unspecified atom stereocenters.